The van der Waals surface area contributed by atoms with Crippen molar-refractivity contribution in [3.05, 3.63) is 135 Å². The summed E-state index contributed by atoms with van der Waals surface area (Å²) in [6, 6.07) is 18.9. The highest BCUT2D eigenvalue weighted by molar-refractivity contribution is 5.85. The molecule has 12 nitrogen and oxygen atoms in total. The minimum Gasteiger partial charge on any atom is -0.479 e. The number of amides is 1. The molecule has 0 saturated carbocycles. The number of para-hydroxylation sites is 1. The van der Waals surface area contributed by atoms with Crippen molar-refractivity contribution in [2.75, 3.05) is 26.2 Å². The van der Waals surface area contributed by atoms with Crippen LogP contribution >= 0.6 is 0 Å². The number of alkyl halides is 3. The van der Waals surface area contributed by atoms with Crippen molar-refractivity contribution in [2.45, 2.75) is 57.5 Å². The topological polar surface area (TPSA) is 182 Å². The van der Waals surface area contributed by atoms with Crippen LogP contribution in [0.1, 0.15) is 42.4 Å². The molecule has 0 aliphatic heterocycles. The van der Waals surface area contributed by atoms with E-state index in [4.69, 9.17) is 20.4 Å². The average molecular weight is 845 g/mol. The SMILES string of the molecule is CCN(CC)CCNC(=O)C(Cc1ccc(-c2ccc(C(F)(F)F)cc2)cc1)n1c(CCc2c(F)ccc(F)c2F)nc(=O)c2ccccc21.O=C(O)C(O)C(O)C(=O)O. The van der Waals surface area contributed by atoms with Crippen LogP contribution in [-0.2, 0) is 39.8 Å². The highest BCUT2D eigenvalue weighted by Crippen LogP contribution is 2.32. The van der Waals surface area contributed by atoms with Crippen LogP contribution in [0.15, 0.2) is 89.7 Å². The number of likely N-dealkylation sites (N-methyl/N-ethyl adjacent to an activating group) is 1. The molecule has 4 aromatic carbocycles. The van der Waals surface area contributed by atoms with Gasteiger partial charge in [0, 0.05) is 31.5 Å². The highest BCUT2D eigenvalue weighted by atomic mass is 19.4. The van der Waals surface area contributed by atoms with E-state index in [-0.39, 0.29) is 36.4 Å². The number of hydrogen-bond acceptors (Lipinski definition) is 8. The number of carbonyl (C=O) groups excluding carboxylic acids is 1. The third-order valence-electron chi connectivity index (χ3n) is 9.61. The molecule has 5 N–H and O–H groups in total. The van der Waals surface area contributed by atoms with Crippen LogP contribution in [0.5, 0.6) is 0 Å². The van der Waals surface area contributed by atoms with Gasteiger partial charge in [0.15, 0.2) is 23.8 Å². The number of hydrogen-bond donors (Lipinski definition) is 5. The number of halogens is 6. The number of nitrogens with one attached hydrogen (secondary N) is 1. The van der Waals surface area contributed by atoms with Crippen molar-refractivity contribution in [3.63, 3.8) is 0 Å². The van der Waals surface area contributed by atoms with E-state index in [1.807, 2.05) is 13.8 Å². The maximum Gasteiger partial charge on any atom is 0.416 e. The summed E-state index contributed by atoms with van der Waals surface area (Å²) in [5, 5.41) is 35.8. The van der Waals surface area contributed by atoms with E-state index in [0.29, 0.717) is 41.4 Å². The molecular formula is C42H42F6N4O8. The van der Waals surface area contributed by atoms with Crippen LogP contribution in [-0.4, -0.2) is 91.1 Å². The third-order valence-corrected chi connectivity index (χ3v) is 9.61. The Kier molecular flexibility index (Phi) is 16.1. The Bertz CT molecular complexity index is 2320. The predicted molar refractivity (Wildman–Crippen MR) is 207 cm³/mol. The summed E-state index contributed by atoms with van der Waals surface area (Å²) in [5.41, 5.74) is 0.469. The first-order valence-electron chi connectivity index (χ1n) is 18.6. The molecule has 1 heterocycles. The number of aryl methyl sites for hydroxylation is 1. The molecular weight excluding hydrogens is 802 g/mol. The molecule has 0 radical (unpaired) electrons. The smallest absolute Gasteiger partial charge is 0.416 e. The second kappa shape index (κ2) is 20.7. The molecule has 5 rings (SSSR count). The normalized spacial score (nSPS) is 13.0. The lowest BCUT2D eigenvalue weighted by molar-refractivity contribution is -0.165. The van der Waals surface area contributed by atoms with E-state index >= 15 is 0 Å². The van der Waals surface area contributed by atoms with E-state index in [1.165, 1.54) is 12.1 Å². The third kappa shape index (κ3) is 11.8. The molecule has 0 spiro atoms. The van der Waals surface area contributed by atoms with Gasteiger partial charge in [0.25, 0.3) is 5.56 Å². The number of rotatable bonds is 16. The number of benzene rings is 4. The van der Waals surface area contributed by atoms with Gasteiger partial charge in [-0.25, -0.2) is 22.8 Å². The number of carboxylic acid groups (broad SMARTS) is 2. The number of carboxylic acids is 2. The highest BCUT2D eigenvalue weighted by Gasteiger charge is 2.31. The molecule has 0 aliphatic rings. The van der Waals surface area contributed by atoms with Crippen molar-refractivity contribution in [3.8, 4) is 11.1 Å². The van der Waals surface area contributed by atoms with E-state index in [1.54, 1.807) is 53.1 Å². The standard InChI is InChI=1S/C38H36F6N4O2.C4H6O6/c1-3-47(4-2)22-21-45-37(50)33(23-24-9-11-25(12-10-24)26-13-15-27(16-14-26)38(42,43)44)48-32-8-6-5-7-29(32)36(49)46-34(48)20-17-28-30(39)18-19-31(40)35(28)41;5-1(3(7)8)2(6)4(9)10/h5-16,18-19,33H,3-4,17,20-23H2,1-2H3,(H,45,50);1-2,5-6H,(H,7,8)(H,9,10). The van der Waals surface area contributed by atoms with Gasteiger partial charge in [-0.1, -0.05) is 62.4 Å². The second-order valence-corrected chi connectivity index (χ2v) is 13.4. The van der Waals surface area contributed by atoms with Gasteiger partial charge in [-0.05, 0) is 72.6 Å². The number of aromatic nitrogens is 2. The van der Waals surface area contributed by atoms with Crippen molar-refractivity contribution in [1.82, 2.24) is 19.8 Å². The molecule has 60 heavy (non-hydrogen) atoms. The molecule has 3 atom stereocenters. The van der Waals surface area contributed by atoms with Crippen LogP contribution in [0.25, 0.3) is 22.0 Å². The molecule has 1 amide bonds. The Morgan fingerprint density at radius 3 is 1.88 bits per heavy atom. The minimum absolute atomic E-state index is 0.0852. The van der Waals surface area contributed by atoms with Crippen LogP contribution in [0, 0.1) is 17.5 Å². The lowest BCUT2D eigenvalue weighted by Gasteiger charge is -2.26. The number of carbonyl (C=O) groups is 3. The van der Waals surface area contributed by atoms with Crippen LogP contribution in [0.3, 0.4) is 0 Å². The molecule has 320 valence electrons. The first kappa shape index (κ1) is 46.6. The first-order chi connectivity index (χ1) is 28.4. The van der Waals surface area contributed by atoms with Gasteiger partial charge in [-0.3, -0.25) is 9.59 Å². The van der Waals surface area contributed by atoms with Gasteiger partial charge < -0.3 is 35.2 Å². The molecule has 0 saturated heterocycles. The average Bonchev–Trinajstić information content (AvgIpc) is 3.22. The summed E-state index contributed by atoms with van der Waals surface area (Å²) in [7, 11) is 0. The maximum atomic E-state index is 14.6. The summed E-state index contributed by atoms with van der Waals surface area (Å²) in [5.74, 6) is -7.33. The summed E-state index contributed by atoms with van der Waals surface area (Å²) in [6.45, 7) is 6.50. The van der Waals surface area contributed by atoms with Crippen molar-refractivity contribution in [1.29, 1.82) is 0 Å². The largest absolute Gasteiger partial charge is 0.479 e. The molecule has 5 aromatic rings. The Hall–Kier alpha value is -6.11. The lowest BCUT2D eigenvalue weighted by atomic mass is 9.98. The number of aliphatic hydroxyl groups is 2. The fourth-order valence-electron chi connectivity index (χ4n) is 6.27. The van der Waals surface area contributed by atoms with Crippen molar-refractivity contribution in [2.24, 2.45) is 0 Å². The Morgan fingerprint density at radius 2 is 1.33 bits per heavy atom. The molecule has 18 heteroatoms. The van der Waals surface area contributed by atoms with Gasteiger partial charge in [-0.15, -0.1) is 0 Å². The zero-order valence-corrected chi connectivity index (χ0v) is 32.3. The fraction of sp³-hybridized carbons (Fsp3) is 0.310. The molecule has 3 unspecified atom stereocenters. The predicted octanol–water partition coefficient (Wildman–Crippen LogP) is 5.40. The summed E-state index contributed by atoms with van der Waals surface area (Å²) < 4.78 is 84.1. The monoisotopic (exact) mass is 844 g/mol. The Morgan fingerprint density at radius 1 is 0.783 bits per heavy atom. The lowest BCUT2D eigenvalue weighted by Crippen LogP contribution is -2.40. The number of fused-ring (bicyclic) bond motifs is 1. The molecule has 0 fully saturated rings. The van der Waals surface area contributed by atoms with Gasteiger partial charge in [0.1, 0.15) is 17.7 Å². The van der Waals surface area contributed by atoms with Gasteiger partial charge in [-0.2, -0.15) is 18.2 Å². The van der Waals surface area contributed by atoms with Crippen LogP contribution in [0.4, 0.5) is 26.3 Å². The molecule has 1 aromatic heterocycles. The summed E-state index contributed by atoms with van der Waals surface area (Å²) in [6.07, 6.45) is -9.40. The summed E-state index contributed by atoms with van der Waals surface area (Å²) in [4.78, 5) is 53.2. The number of nitrogens with zero attached hydrogens (tertiary/aromatic N) is 3. The number of aliphatic carboxylic acids is 2. The van der Waals surface area contributed by atoms with Crippen LogP contribution in [0.2, 0.25) is 0 Å². The van der Waals surface area contributed by atoms with E-state index in [2.05, 4.69) is 15.2 Å². The van der Waals surface area contributed by atoms with E-state index < -0.39 is 70.5 Å². The zero-order chi connectivity index (χ0) is 44.3. The second-order valence-electron chi connectivity index (χ2n) is 13.4. The summed E-state index contributed by atoms with van der Waals surface area (Å²) >= 11 is 0. The van der Waals surface area contributed by atoms with Gasteiger partial charge in [0.05, 0.1) is 16.5 Å². The van der Waals surface area contributed by atoms with Crippen molar-refractivity contribution >= 4 is 28.7 Å². The van der Waals surface area contributed by atoms with Crippen LogP contribution < -0.4 is 10.9 Å². The molecule has 0 aliphatic carbocycles. The van der Waals surface area contributed by atoms with Crippen molar-refractivity contribution < 1.29 is 61.2 Å². The Labute approximate surface area is 339 Å². The minimum atomic E-state index is -4.46. The fourth-order valence-corrected chi connectivity index (χ4v) is 6.27. The van der Waals surface area contributed by atoms with E-state index in [0.717, 1.165) is 31.3 Å². The number of aliphatic hydroxyl groups excluding tert-OH is 2. The Balaban J connectivity index is 0.000000703. The van der Waals surface area contributed by atoms with Gasteiger partial charge >= 0.3 is 18.1 Å². The first-order valence-corrected chi connectivity index (χ1v) is 18.6. The maximum absolute atomic E-state index is 14.6. The quantitative estimate of drug-likeness (QED) is 0.0637. The van der Waals surface area contributed by atoms with E-state index in [9.17, 15) is 45.5 Å². The zero-order valence-electron chi connectivity index (χ0n) is 32.3. The molecule has 0 bridgehead atoms. The van der Waals surface area contributed by atoms with Gasteiger partial charge in [0.2, 0.25) is 5.91 Å².